The number of amides is 3. The minimum atomic E-state index is -0.441. The Morgan fingerprint density at radius 2 is 2.06 bits per heavy atom. The van der Waals surface area contributed by atoms with Crippen LogP contribution in [0.3, 0.4) is 0 Å². The first-order valence-corrected chi connectivity index (χ1v) is 10.2. The third kappa shape index (κ3) is 4.11. The summed E-state index contributed by atoms with van der Waals surface area (Å²) >= 11 is 0. The fourth-order valence-corrected chi connectivity index (χ4v) is 3.89. The number of anilines is 1. The van der Waals surface area contributed by atoms with E-state index in [-0.39, 0.29) is 11.3 Å². The van der Waals surface area contributed by atoms with Crippen LogP contribution in [-0.4, -0.2) is 46.6 Å². The van der Waals surface area contributed by atoms with Gasteiger partial charge in [0.05, 0.1) is 17.3 Å². The number of hydrogen-bond acceptors (Lipinski definition) is 7. The molecule has 1 aliphatic carbocycles. The van der Waals surface area contributed by atoms with Gasteiger partial charge in [-0.2, -0.15) is 0 Å². The van der Waals surface area contributed by atoms with E-state index >= 15 is 0 Å². The lowest BCUT2D eigenvalue weighted by Crippen LogP contribution is -2.43. The van der Waals surface area contributed by atoms with Crippen molar-refractivity contribution in [3.05, 3.63) is 48.6 Å². The van der Waals surface area contributed by atoms with Gasteiger partial charge in [0.15, 0.2) is 0 Å². The number of nitrogens with zero attached hydrogens (tertiary/aromatic N) is 3. The monoisotopic (exact) mass is 420 g/mol. The van der Waals surface area contributed by atoms with Crippen molar-refractivity contribution in [2.24, 2.45) is 5.41 Å². The van der Waals surface area contributed by atoms with Crippen LogP contribution in [0, 0.1) is 10.8 Å². The molecule has 3 heterocycles. The number of imide groups is 1. The molecular formula is C22H24N6O3. The number of rotatable bonds is 6. The summed E-state index contributed by atoms with van der Waals surface area (Å²) in [5, 5.41) is 13.1. The first-order chi connectivity index (χ1) is 15.0. The molecule has 9 nitrogen and oxygen atoms in total. The zero-order valence-corrected chi connectivity index (χ0v) is 17.2. The highest BCUT2D eigenvalue weighted by Crippen LogP contribution is 2.49. The largest absolute Gasteiger partial charge is 0.456 e. The van der Waals surface area contributed by atoms with Crippen molar-refractivity contribution >= 4 is 29.5 Å². The molecule has 2 aromatic rings. The molecule has 2 fully saturated rings. The van der Waals surface area contributed by atoms with Crippen molar-refractivity contribution < 1.29 is 14.3 Å². The lowest BCUT2D eigenvalue weighted by molar-refractivity contribution is -0.137. The van der Waals surface area contributed by atoms with Gasteiger partial charge in [-0.3, -0.25) is 20.0 Å². The molecule has 3 N–H and O–H groups in total. The van der Waals surface area contributed by atoms with Crippen LogP contribution in [0.4, 0.5) is 10.6 Å². The van der Waals surface area contributed by atoms with Gasteiger partial charge in [-0.05, 0) is 37.5 Å². The number of hydrogen-bond donors (Lipinski definition) is 3. The third-order valence-electron chi connectivity index (χ3n) is 5.76. The van der Waals surface area contributed by atoms with Gasteiger partial charge in [0.2, 0.25) is 5.91 Å². The summed E-state index contributed by atoms with van der Waals surface area (Å²) in [7, 11) is 1.75. The van der Waals surface area contributed by atoms with E-state index in [2.05, 4.69) is 20.6 Å². The summed E-state index contributed by atoms with van der Waals surface area (Å²) < 4.78 is 5.82. The van der Waals surface area contributed by atoms with Crippen molar-refractivity contribution in [3.8, 4) is 11.5 Å². The molecule has 9 heteroatoms. The summed E-state index contributed by atoms with van der Waals surface area (Å²) in [6.07, 6.45) is 9.53. The Bertz CT molecular complexity index is 1030. The lowest BCUT2D eigenvalue weighted by Gasteiger charge is -2.35. The highest BCUT2D eigenvalue weighted by Gasteiger charge is 2.52. The van der Waals surface area contributed by atoms with Gasteiger partial charge >= 0.3 is 6.03 Å². The van der Waals surface area contributed by atoms with Gasteiger partial charge in [0, 0.05) is 43.8 Å². The van der Waals surface area contributed by atoms with E-state index in [1.165, 1.54) is 17.3 Å². The molecular weight excluding hydrogens is 396 g/mol. The van der Waals surface area contributed by atoms with Crippen molar-refractivity contribution in [3.63, 3.8) is 0 Å². The predicted octanol–water partition coefficient (Wildman–Crippen LogP) is 3.41. The average Bonchev–Trinajstić information content (AvgIpc) is 3.11. The van der Waals surface area contributed by atoms with Crippen LogP contribution in [0.25, 0.3) is 5.57 Å². The van der Waals surface area contributed by atoms with E-state index in [0.29, 0.717) is 35.1 Å². The first kappa shape index (κ1) is 20.5. The Morgan fingerprint density at radius 3 is 2.68 bits per heavy atom. The second-order valence-corrected chi connectivity index (χ2v) is 7.66. The van der Waals surface area contributed by atoms with Crippen molar-refractivity contribution in [1.82, 2.24) is 20.2 Å². The standard InChI is InChI=1S/C22H24N6O3/c1-24-13-15(12-23)18-11-16(5-9-25-18)31-17-3-4-19(26-14-17)27-21(30)28-10-8-22(20(28)29)6-2-7-22/h3-5,9,11-14,23-24H,2,6-8,10H2,1H3,(H,26,27,30)/b15-13+,23-12?. The highest BCUT2D eigenvalue weighted by atomic mass is 16.5. The molecule has 2 aliphatic rings. The highest BCUT2D eigenvalue weighted by molar-refractivity contribution is 6.07. The molecule has 0 atom stereocenters. The van der Waals surface area contributed by atoms with Gasteiger partial charge in [-0.1, -0.05) is 6.42 Å². The Kier molecular flexibility index (Phi) is 5.66. The molecule has 1 saturated heterocycles. The molecule has 0 aromatic carbocycles. The summed E-state index contributed by atoms with van der Waals surface area (Å²) in [6.45, 7) is 0.454. The quantitative estimate of drug-likeness (QED) is 0.616. The van der Waals surface area contributed by atoms with Crippen LogP contribution < -0.4 is 15.4 Å². The van der Waals surface area contributed by atoms with E-state index in [9.17, 15) is 9.59 Å². The molecule has 160 valence electrons. The molecule has 1 spiro atoms. The number of carbonyl (C=O) groups is 2. The van der Waals surface area contributed by atoms with Crippen molar-refractivity contribution in [2.75, 3.05) is 18.9 Å². The van der Waals surface area contributed by atoms with E-state index in [4.69, 9.17) is 10.1 Å². The van der Waals surface area contributed by atoms with Crippen LogP contribution >= 0.6 is 0 Å². The topological polar surface area (TPSA) is 120 Å². The molecule has 31 heavy (non-hydrogen) atoms. The van der Waals surface area contributed by atoms with Crippen LogP contribution in [-0.2, 0) is 4.79 Å². The molecule has 1 aliphatic heterocycles. The number of allylic oxidation sites excluding steroid dienone is 1. The summed E-state index contributed by atoms with van der Waals surface area (Å²) in [5.41, 5.74) is 0.911. The molecule has 2 aromatic heterocycles. The Hall–Kier alpha value is -3.75. The van der Waals surface area contributed by atoms with Crippen molar-refractivity contribution in [1.29, 1.82) is 5.41 Å². The van der Waals surface area contributed by atoms with Gasteiger partial charge in [0.25, 0.3) is 0 Å². The summed E-state index contributed by atoms with van der Waals surface area (Å²) in [4.78, 5) is 34.8. The van der Waals surface area contributed by atoms with Gasteiger partial charge in [-0.15, -0.1) is 0 Å². The number of carbonyl (C=O) groups excluding carboxylic acids is 2. The number of urea groups is 1. The van der Waals surface area contributed by atoms with Gasteiger partial charge < -0.3 is 15.5 Å². The third-order valence-corrected chi connectivity index (χ3v) is 5.76. The zero-order valence-electron chi connectivity index (χ0n) is 17.2. The minimum absolute atomic E-state index is 0.0682. The number of nitrogens with one attached hydrogen (secondary N) is 3. The second-order valence-electron chi connectivity index (χ2n) is 7.66. The Labute approximate surface area is 180 Å². The maximum Gasteiger partial charge on any atom is 0.329 e. The fourth-order valence-electron chi connectivity index (χ4n) is 3.89. The second kappa shape index (κ2) is 8.55. The molecule has 3 amide bonds. The van der Waals surface area contributed by atoms with Gasteiger partial charge in [-0.25, -0.2) is 9.78 Å². The van der Waals surface area contributed by atoms with Gasteiger partial charge in [0.1, 0.15) is 17.3 Å². The maximum absolute atomic E-state index is 12.5. The number of aromatic nitrogens is 2. The Balaban J connectivity index is 1.39. The van der Waals surface area contributed by atoms with Crippen LogP contribution in [0.15, 0.2) is 42.9 Å². The average molecular weight is 420 g/mol. The molecule has 0 radical (unpaired) electrons. The van der Waals surface area contributed by atoms with E-state index < -0.39 is 6.03 Å². The number of ether oxygens (including phenoxy) is 1. The molecule has 4 rings (SSSR count). The molecule has 0 unspecified atom stereocenters. The summed E-state index contributed by atoms with van der Waals surface area (Å²) in [5.74, 6) is 1.30. The van der Waals surface area contributed by atoms with E-state index in [1.54, 1.807) is 43.7 Å². The fraction of sp³-hybridized carbons (Fsp3) is 0.318. The summed E-state index contributed by atoms with van der Waals surface area (Å²) in [6, 6.07) is 6.29. The number of likely N-dealkylation sites (tertiary alicyclic amines) is 1. The first-order valence-electron chi connectivity index (χ1n) is 10.2. The normalized spacial score (nSPS) is 17.3. The van der Waals surface area contributed by atoms with Crippen LogP contribution in [0.2, 0.25) is 0 Å². The van der Waals surface area contributed by atoms with Crippen molar-refractivity contribution in [2.45, 2.75) is 25.7 Å². The smallest absolute Gasteiger partial charge is 0.329 e. The van der Waals surface area contributed by atoms with Crippen LogP contribution in [0.5, 0.6) is 11.5 Å². The maximum atomic E-state index is 12.5. The SMILES string of the molecule is CN/C=C(\C=N)c1cc(Oc2ccc(NC(=O)N3CCC4(CCC4)C3=O)nc2)ccn1. The van der Waals surface area contributed by atoms with E-state index in [1.807, 2.05) is 0 Å². The van der Waals surface area contributed by atoms with Crippen LogP contribution in [0.1, 0.15) is 31.4 Å². The lowest BCUT2D eigenvalue weighted by atomic mass is 9.68. The Morgan fingerprint density at radius 1 is 1.23 bits per heavy atom. The number of pyridine rings is 2. The zero-order chi connectivity index (χ0) is 21.8. The minimum Gasteiger partial charge on any atom is -0.456 e. The van der Waals surface area contributed by atoms with E-state index in [0.717, 1.165) is 25.7 Å². The predicted molar refractivity (Wildman–Crippen MR) is 116 cm³/mol. The molecule has 0 bridgehead atoms. The molecule has 1 saturated carbocycles.